The van der Waals surface area contributed by atoms with Crippen LogP contribution in [0.1, 0.15) is 12.5 Å². The Hall–Kier alpha value is -1.43. The van der Waals surface area contributed by atoms with Gasteiger partial charge in [-0.1, -0.05) is 22.6 Å². The maximum atomic E-state index is 12.8. The Morgan fingerprint density at radius 1 is 1.48 bits per heavy atom. The summed E-state index contributed by atoms with van der Waals surface area (Å²) in [7, 11) is 0. The number of nitro groups is 1. The van der Waals surface area contributed by atoms with Gasteiger partial charge in [-0.15, -0.1) is 0 Å². The number of anilines is 1. The molecule has 116 valence electrons. The van der Waals surface area contributed by atoms with Crippen molar-refractivity contribution in [1.29, 1.82) is 0 Å². The van der Waals surface area contributed by atoms with Crippen LogP contribution in [-0.2, 0) is 11.0 Å². The van der Waals surface area contributed by atoms with Crippen LogP contribution in [0.25, 0.3) is 0 Å². The van der Waals surface area contributed by atoms with Gasteiger partial charge in [0.25, 0.3) is 11.6 Å². The number of aliphatic hydroxyl groups is 1. The molecule has 0 aliphatic carbocycles. The van der Waals surface area contributed by atoms with Gasteiger partial charge in [0.05, 0.1) is 4.92 Å². The summed E-state index contributed by atoms with van der Waals surface area (Å²) in [6, 6.07) is 2.07. The van der Waals surface area contributed by atoms with E-state index in [9.17, 15) is 33.2 Å². The maximum absolute atomic E-state index is 12.8. The van der Waals surface area contributed by atoms with E-state index in [1.165, 1.54) is 6.92 Å². The first-order valence-corrected chi connectivity index (χ1v) is 6.97. The topological polar surface area (TPSA) is 92.5 Å². The minimum Gasteiger partial charge on any atom is -0.379 e. The van der Waals surface area contributed by atoms with Gasteiger partial charge in [-0.05, 0) is 19.1 Å². The van der Waals surface area contributed by atoms with Crippen molar-refractivity contribution in [1.82, 2.24) is 0 Å². The average molecular weight is 414 g/mol. The molecular formula is C11H10F3IN2O4. The summed E-state index contributed by atoms with van der Waals surface area (Å²) in [4.78, 5) is 21.1. The molecule has 1 atom stereocenters. The van der Waals surface area contributed by atoms with Crippen LogP contribution in [0, 0.1) is 10.1 Å². The van der Waals surface area contributed by atoms with E-state index in [0.717, 1.165) is 6.07 Å². The molecule has 1 aromatic carbocycles. The van der Waals surface area contributed by atoms with Gasteiger partial charge < -0.3 is 10.4 Å². The molecule has 0 spiro atoms. The number of alkyl halides is 4. The van der Waals surface area contributed by atoms with Crippen LogP contribution < -0.4 is 5.32 Å². The normalized spacial score (nSPS) is 14.4. The molecule has 21 heavy (non-hydrogen) atoms. The van der Waals surface area contributed by atoms with Gasteiger partial charge >= 0.3 is 6.18 Å². The van der Waals surface area contributed by atoms with Gasteiger partial charge in [0.1, 0.15) is 11.2 Å². The van der Waals surface area contributed by atoms with Crippen molar-refractivity contribution in [2.75, 3.05) is 9.74 Å². The van der Waals surface area contributed by atoms with Crippen molar-refractivity contribution in [2.45, 2.75) is 18.7 Å². The zero-order valence-electron chi connectivity index (χ0n) is 10.6. The molecule has 2 N–H and O–H groups in total. The van der Waals surface area contributed by atoms with Crippen molar-refractivity contribution >= 4 is 39.9 Å². The molecule has 1 aromatic rings. The number of halogens is 4. The predicted octanol–water partition coefficient (Wildman–Crippen LogP) is 2.74. The Bertz CT molecular complexity index is 575. The molecule has 0 radical (unpaired) electrons. The van der Waals surface area contributed by atoms with Crippen LogP contribution in [-0.4, -0.2) is 26.0 Å². The third-order valence-corrected chi connectivity index (χ3v) is 3.99. The van der Waals surface area contributed by atoms with Crippen molar-refractivity contribution in [3.8, 4) is 0 Å². The van der Waals surface area contributed by atoms with Crippen LogP contribution in [0.3, 0.4) is 0 Å². The van der Waals surface area contributed by atoms with Crippen LogP contribution in [0.15, 0.2) is 18.2 Å². The number of nitrogens with zero attached hydrogens (tertiary/aromatic N) is 1. The number of amides is 1. The molecule has 0 bridgehead atoms. The minimum atomic E-state index is -4.94. The first kappa shape index (κ1) is 17.6. The lowest BCUT2D eigenvalue weighted by molar-refractivity contribution is -0.388. The monoisotopic (exact) mass is 414 g/mol. The van der Waals surface area contributed by atoms with Crippen LogP contribution in [0.5, 0.6) is 0 Å². The second-order valence-electron chi connectivity index (χ2n) is 4.35. The van der Waals surface area contributed by atoms with Crippen LogP contribution in [0.4, 0.5) is 24.5 Å². The highest BCUT2D eigenvalue weighted by atomic mass is 123. The minimum absolute atomic E-state index is 0.0235. The Kier molecular flexibility index (Phi) is 5.15. The molecule has 0 fully saturated rings. The molecule has 6 nitrogen and oxygen atoms in total. The molecule has 0 aliphatic rings. The van der Waals surface area contributed by atoms with E-state index < -0.39 is 33.9 Å². The predicted molar refractivity (Wildman–Crippen MR) is 76.2 cm³/mol. The van der Waals surface area contributed by atoms with Gasteiger partial charge in [0, 0.05) is 16.2 Å². The Labute approximate surface area is 130 Å². The number of hydrogen-bond acceptors (Lipinski definition) is 4. The van der Waals surface area contributed by atoms with Crippen LogP contribution in [0.2, 0.25) is 0 Å². The largest absolute Gasteiger partial charge is 0.423 e. The second kappa shape index (κ2) is 6.13. The Balaban J connectivity index is 3.18. The molecular weight excluding hydrogens is 404 g/mol. The van der Waals surface area contributed by atoms with Gasteiger partial charge in [-0.25, -0.2) is 0 Å². The number of rotatable bonds is 4. The van der Waals surface area contributed by atoms with Crippen LogP contribution >= 0.6 is 22.6 Å². The zero-order valence-corrected chi connectivity index (χ0v) is 12.7. The molecule has 0 aromatic heterocycles. The SMILES string of the molecule is C[C@](O)(C[123I])C(=O)Nc1ccc([N+](=O)[O-])c(C(F)(F)F)c1. The van der Waals surface area contributed by atoms with Gasteiger partial charge in [0.2, 0.25) is 0 Å². The number of hydrogen-bond donors (Lipinski definition) is 2. The lowest BCUT2D eigenvalue weighted by atomic mass is 10.1. The van der Waals surface area contributed by atoms with Gasteiger partial charge in [-0.2, -0.15) is 13.2 Å². The van der Waals surface area contributed by atoms with E-state index in [1.807, 2.05) is 0 Å². The summed E-state index contributed by atoms with van der Waals surface area (Å²) in [5.41, 5.74) is -4.63. The van der Waals surface area contributed by atoms with E-state index in [2.05, 4.69) is 5.32 Å². The first-order chi connectivity index (χ1) is 9.49. The lowest BCUT2D eigenvalue weighted by Crippen LogP contribution is -2.41. The lowest BCUT2D eigenvalue weighted by Gasteiger charge is -2.19. The number of benzene rings is 1. The Morgan fingerprint density at radius 2 is 2.05 bits per heavy atom. The van der Waals surface area contributed by atoms with Gasteiger partial charge in [-0.3, -0.25) is 14.9 Å². The smallest absolute Gasteiger partial charge is 0.379 e. The molecule has 0 heterocycles. The summed E-state index contributed by atoms with van der Waals surface area (Å²) >= 11 is 1.74. The maximum Gasteiger partial charge on any atom is 0.423 e. The molecule has 1 amide bonds. The second-order valence-corrected chi connectivity index (χ2v) is 5.11. The molecule has 0 aliphatic heterocycles. The van der Waals surface area contributed by atoms with Crippen molar-refractivity contribution in [3.63, 3.8) is 0 Å². The molecule has 0 unspecified atom stereocenters. The van der Waals surface area contributed by atoms with E-state index in [-0.39, 0.29) is 10.1 Å². The Morgan fingerprint density at radius 3 is 2.48 bits per heavy atom. The highest BCUT2D eigenvalue weighted by molar-refractivity contribution is 14.1. The summed E-state index contributed by atoms with van der Waals surface area (Å²) in [6.45, 7) is 1.20. The molecule has 1 rings (SSSR count). The summed E-state index contributed by atoms with van der Waals surface area (Å²) in [6.07, 6.45) is -4.94. The molecule has 0 saturated heterocycles. The van der Waals surface area contributed by atoms with Gasteiger partial charge in [0.15, 0.2) is 0 Å². The van der Waals surface area contributed by atoms with E-state index >= 15 is 0 Å². The first-order valence-electron chi connectivity index (χ1n) is 5.44. The number of carbonyl (C=O) groups excluding carboxylic acids is 1. The summed E-state index contributed by atoms with van der Waals surface area (Å²) in [5.74, 6) is -0.904. The van der Waals surface area contributed by atoms with E-state index in [1.54, 1.807) is 22.6 Å². The quantitative estimate of drug-likeness (QED) is 0.343. The number of nitrogens with one attached hydrogen (secondary N) is 1. The van der Waals surface area contributed by atoms with Crippen molar-refractivity contribution < 1.29 is 28.0 Å². The fourth-order valence-corrected chi connectivity index (χ4v) is 1.67. The third-order valence-electron chi connectivity index (χ3n) is 2.51. The zero-order chi connectivity index (χ0) is 16.4. The van der Waals surface area contributed by atoms with E-state index in [0.29, 0.717) is 12.1 Å². The summed E-state index contributed by atoms with van der Waals surface area (Å²) in [5, 5.41) is 22.4. The highest BCUT2D eigenvalue weighted by Crippen LogP contribution is 2.37. The fourth-order valence-electron chi connectivity index (χ4n) is 1.33. The molecule has 10 heteroatoms. The van der Waals surface area contributed by atoms with E-state index in [4.69, 9.17) is 0 Å². The van der Waals surface area contributed by atoms with Crippen molar-refractivity contribution in [3.05, 3.63) is 33.9 Å². The highest BCUT2D eigenvalue weighted by Gasteiger charge is 2.39. The summed E-state index contributed by atoms with van der Waals surface area (Å²) < 4.78 is 38.3. The number of carbonyl (C=O) groups is 1. The fraction of sp³-hybridized carbons (Fsp3) is 0.364. The third kappa shape index (κ3) is 4.27. The molecule has 0 saturated carbocycles. The standard InChI is InChI=1S/C11H10F3IN2O4/c1-10(19,5-15)9(18)16-6-2-3-8(17(20)21)7(4-6)11(12,13)14/h2-4,19H,5H2,1H3,(H,16,18)/t10-/m0/s1/i15-4. The number of nitro benzene ring substituents is 1. The average Bonchev–Trinajstić information content (AvgIpc) is 2.37. The van der Waals surface area contributed by atoms with Crippen molar-refractivity contribution in [2.24, 2.45) is 0 Å².